The second-order valence-corrected chi connectivity index (χ2v) is 10.7. The topological polar surface area (TPSA) is 4.41 Å². The number of aryl methyl sites for hydroxylation is 1. The standard InChI is InChI=1S/C34H25N/c1-20-14-16-23-24-17-15-21(19-30(24)34(2,3)29(23)18-20)22-9-6-11-27-28-12-7-10-26-25-8-4-5-13-31(25)35(32(22)27)33(26)28/h4-19H,1-3H3. The van der Waals surface area contributed by atoms with E-state index in [4.69, 9.17) is 0 Å². The van der Waals surface area contributed by atoms with E-state index in [-0.39, 0.29) is 5.41 Å². The summed E-state index contributed by atoms with van der Waals surface area (Å²) in [4.78, 5) is 0. The molecule has 5 aromatic carbocycles. The highest BCUT2D eigenvalue weighted by Crippen LogP contribution is 2.50. The van der Waals surface area contributed by atoms with E-state index in [1.165, 1.54) is 77.0 Å². The van der Waals surface area contributed by atoms with Crippen molar-refractivity contribution in [3.05, 3.63) is 114 Å². The van der Waals surface area contributed by atoms with Gasteiger partial charge in [0.25, 0.3) is 0 Å². The predicted molar refractivity (Wildman–Crippen MR) is 149 cm³/mol. The van der Waals surface area contributed by atoms with Gasteiger partial charge < -0.3 is 4.40 Å². The van der Waals surface area contributed by atoms with Gasteiger partial charge >= 0.3 is 0 Å². The molecular weight excluding hydrogens is 422 g/mol. The molecule has 1 aliphatic rings. The van der Waals surface area contributed by atoms with Crippen LogP contribution in [0.2, 0.25) is 0 Å². The fourth-order valence-electron chi connectivity index (χ4n) is 6.72. The number of benzene rings is 5. The van der Waals surface area contributed by atoms with Gasteiger partial charge in [-0.1, -0.05) is 104 Å². The zero-order valence-electron chi connectivity index (χ0n) is 20.2. The molecule has 0 radical (unpaired) electrons. The van der Waals surface area contributed by atoms with Crippen molar-refractivity contribution in [2.24, 2.45) is 0 Å². The molecule has 0 atom stereocenters. The molecule has 0 fully saturated rings. The van der Waals surface area contributed by atoms with Crippen LogP contribution in [0.1, 0.15) is 30.5 Å². The molecule has 8 rings (SSSR count). The van der Waals surface area contributed by atoms with Crippen LogP contribution in [0, 0.1) is 6.92 Å². The zero-order valence-corrected chi connectivity index (χ0v) is 20.2. The molecule has 0 N–H and O–H groups in total. The third-order valence-electron chi connectivity index (χ3n) is 8.39. The van der Waals surface area contributed by atoms with Crippen LogP contribution in [0.25, 0.3) is 60.3 Å². The van der Waals surface area contributed by atoms with Crippen LogP contribution in [0.5, 0.6) is 0 Å². The molecule has 0 bridgehead atoms. The van der Waals surface area contributed by atoms with Crippen molar-refractivity contribution in [1.29, 1.82) is 0 Å². The monoisotopic (exact) mass is 447 g/mol. The van der Waals surface area contributed by atoms with Gasteiger partial charge in [0.05, 0.1) is 16.6 Å². The number of fused-ring (bicyclic) bond motifs is 9. The normalized spacial score (nSPS) is 14.4. The minimum atomic E-state index is -0.0129. The minimum Gasteiger partial charge on any atom is -0.307 e. The van der Waals surface area contributed by atoms with E-state index in [1.807, 2.05) is 0 Å². The van der Waals surface area contributed by atoms with Gasteiger partial charge in [0.15, 0.2) is 0 Å². The van der Waals surface area contributed by atoms with Gasteiger partial charge in [-0.15, -0.1) is 0 Å². The van der Waals surface area contributed by atoms with Crippen LogP contribution in [0.4, 0.5) is 0 Å². The Kier molecular flexibility index (Phi) is 3.47. The second kappa shape index (κ2) is 6.31. The fraction of sp³-hybridized carbons (Fsp3) is 0.118. The van der Waals surface area contributed by atoms with Gasteiger partial charge in [-0.25, -0.2) is 0 Å². The summed E-state index contributed by atoms with van der Waals surface area (Å²) in [6, 6.07) is 36.4. The van der Waals surface area contributed by atoms with Crippen molar-refractivity contribution in [1.82, 2.24) is 4.40 Å². The van der Waals surface area contributed by atoms with Crippen LogP contribution >= 0.6 is 0 Å². The van der Waals surface area contributed by atoms with E-state index >= 15 is 0 Å². The van der Waals surface area contributed by atoms with Crippen LogP contribution in [-0.4, -0.2) is 4.40 Å². The minimum absolute atomic E-state index is 0.0129. The average molecular weight is 448 g/mol. The van der Waals surface area contributed by atoms with E-state index in [0.29, 0.717) is 0 Å². The molecule has 7 aromatic rings. The Morgan fingerprint density at radius 1 is 0.543 bits per heavy atom. The third kappa shape index (κ3) is 2.29. The average Bonchev–Trinajstić information content (AvgIpc) is 3.47. The van der Waals surface area contributed by atoms with Gasteiger partial charge in [-0.3, -0.25) is 0 Å². The maximum absolute atomic E-state index is 2.50. The molecule has 0 spiro atoms. The van der Waals surface area contributed by atoms with Gasteiger partial charge in [-0.05, 0) is 46.9 Å². The summed E-state index contributed by atoms with van der Waals surface area (Å²) in [7, 11) is 0. The Labute approximate surface area is 204 Å². The first-order chi connectivity index (χ1) is 17.0. The highest BCUT2D eigenvalue weighted by Gasteiger charge is 2.35. The van der Waals surface area contributed by atoms with Crippen molar-refractivity contribution in [3.63, 3.8) is 0 Å². The molecule has 1 aliphatic carbocycles. The first-order valence-corrected chi connectivity index (χ1v) is 12.5. The van der Waals surface area contributed by atoms with Crippen molar-refractivity contribution >= 4 is 38.1 Å². The Balaban J connectivity index is 1.47. The van der Waals surface area contributed by atoms with Crippen LogP contribution in [0.3, 0.4) is 0 Å². The summed E-state index contributed by atoms with van der Waals surface area (Å²) in [6.07, 6.45) is 0. The molecule has 166 valence electrons. The SMILES string of the molecule is Cc1ccc2c(c1)C(C)(C)c1cc(-c3cccc4c5cccc6c7ccccc7n(c34)c65)ccc1-2. The Hall–Kier alpha value is -4.10. The van der Waals surface area contributed by atoms with Gasteiger partial charge in [0.2, 0.25) is 0 Å². The molecular formula is C34H25N. The highest BCUT2D eigenvalue weighted by atomic mass is 14.9. The van der Waals surface area contributed by atoms with E-state index in [2.05, 4.69) is 122 Å². The second-order valence-electron chi connectivity index (χ2n) is 10.7. The zero-order chi connectivity index (χ0) is 23.5. The van der Waals surface area contributed by atoms with E-state index in [9.17, 15) is 0 Å². The highest BCUT2D eigenvalue weighted by molar-refractivity contribution is 6.25. The third-order valence-corrected chi connectivity index (χ3v) is 8.39. The van der Waals surface area contributed by atoms with E-state index in [0.717, 1.165) is 0 Å². The number of para-hydroxylation sites is 3. The van der Waals surface area contributed by atoms with E-state index in [1.54, 1.807) is 0 Å². The van der Waals surface area contributed by atoms with Gasteiger partial charge in [0, 0.05) is 32.5 Å². The summed E-state index contributed by atoms with van der Waals surface area (Å²) in [5.41, 5.74) is 13.4. The predicted octanol–water partition coefficient (Wildman–Crippen LogP) is 9.12. The van der Waals surface area contributed by atoms with Gasteiger partial charge in [-0.2, -0.15) is 0 Å². The van der Waals surface area contributed by atoms with Crippen LogP contribution in [-0.2, 0) is 5.41 Å². The molecule has 2 aromatic heterocycles. The lowest BCUT2D eigenvalue weighted by molar-refractivity contribution is 0.660. The van der Waals surface area contributed by atoms with Crippen molar-refractivity contribution in [3.8, 4) is 22.3 Å². The van der Waals surface area contributed by atoms with Crippen molar-refractivity contribution < 1.29 is 0 Å². The van der Waals surface area contributed by atoms with Gasteiger partial charge in [0.1, 0.15) is 0 Å². The van der Waals surface area contributed by atoms with Crippen LogP contribution < -0.4 is 0 Å². The molecule has 0 unspecified atom stereocenters. The maximum atomic E-state index is 2.50. The number of aromatic nitrogens is 1. The molecule has 0 saturated carbocycles. The maximum Gasteiger partial charge on any atom is 0.0620 e. The summed E-state index contributed by atoms with van der Waals surface area (Å²) < 4.78 is 2.50. The summed E-state index contributed by atoms with van der Waals surface area (Å²) >= 11 is 0. The molecule has 1 nitrogen and oxygen atoms in total. The number of nitrogens with zero attached hydrogens (tertiary/aromatic N) is 1. The molecule has 0 saturated heterocycles. The smallest absolute Gasteiger partial charge is 0.0620 e. The summed E-state index contributed by atoms with van der Waals surface area (Å²) in [6.45, 7) is 6.93. The molecule has 0 aliphatic heterocycles. The molecule has 1 heteroatoms. The number of hydrogen-bond donors (Lipinski definition) is 0. The Morgan fingerprint density at radius 3 is 2.00 bits per heavy atom. The molecule has 0 amide bonds. The number of hydrogen-bond acceptors (Lipinski definition) is 0. The van der Waals surface area contributed by atoms with Crippen molar-refractivity contribution in [2.75, 3.05) is 0 Å². The lowest BCUT2D eigenvalue weighted by Crippen LogP contribution is -2.15. The lowest BCUT2D eigenvalue weighted by Gasteiger charge is -2.22. The summed E-state index contributed by atoms with van der Waals surface area (Å²) in [5, 5.41) is 5.32. The number of rotatable bonds is 1. The molecule has 35 heavy (non-hydrogen) atoms. The summed E-state index contributed by atoms with van der Waals surface area (Å²) in [5.74, 6) is 0. The largest absolute Gasteiger partial charge is 0.307 e. The van der Waals surface area contributed by atoms with E-state index < -0.39 is 0 Å². The van der Waals surface area contributed by atoms with Crippen LogP contribution in [0.15, 0.2) is 97.1 Å². The first kappa shape index (κ1) is 19.2. The lowest BCUT2D eigenvalue weighted by atomic mass is 9.81. The Bertz CT molecular complexity index is 1980. The van der Waals surface area contributed by atoms with Crippen molar-refractivity contribution in [2.45, 2.75) is 26.2 Å². The first-order valence-electron chi connectivity index (χ1n) is 12.5. The molecule has 2 heterocycles. The fourth-order valence-corrected chi connectivity index (χ4v) is 6.72. The quantitative estimate of drug-likeness (QED) is 0.236. The Morgan fingerprint density at radius 2 is 1.17 bits per heavy atom.